The number of aromatic nitrogens is 2. The largest absolute Gasteiger partial charge is 0.470 e. The lowest BCUT2D eigenvalue weighted by Crippen LogP contribution is -2.35. The Morgan fingerprint density at radius 1 is 1.46 bits per heavy atom. The summed E-state index contributed by atoms with van der Waals surface area (Å²) in [5, 5.41) is 6.70. The Bertz CT molecular complexity index is 970. The van der Waals surface area contributed by atoms with E-state index >= 15 is 0 Å². The molecule has 3 rings (SSSR count). The molecule has 0 radical (unpaired) electrons. The summed E-state index contributed by atoms with van der Waals surface area (Å²) in [5.74, 6) is 2.78. The van der Waals surface area contributed by atoms with Crippen molar-refractivity contribution in [2.45, 2.75) is 12.0 Å². The molecule has 0 bridgehead atoms. The molecule has 1 aromatic carbocycles. The van der Waals surface area contributed by atoms with Gasteiger partial charge in [-0.15, -0.1) is 29.5 Å². The number of carbonyl (C=O) groups is 1. The van der Waals surface area contributed by atoms with Gasteiger partial charge >= 0.3 is 0 Å². The number of halogens is 1. The van der Waals surface area contributed by atoms with Gasteiger partial charge in [-0.3, -0.25) is 9.78 Å². The summed E-state index contributed by atoms with van der Waals surface area (Å²) in [5.41, 5.74) is 0.563. The van der Waals surface area contributed by atoms with E-state index in [9.17, 15) is 4.79 Å². The highest BCUT2D eigenvalue weighted by Crippen LogP contribution is 2.29. The molecule has 1 N–H and O–H groups in total. The van der Waals surface area contributed by atoms with Gasteiger partial charge in [0.25, 0.3) is 5.91 Å². The van der Waals surface area contributed by atoms with Crippen LogP contribution >= 0.6 is 34.7 Å². The number of nitrogens with zero attached hydrogens (tertiary/aromatic N) is 2. The van der Waals surface area contributed by atoms with Crippen molar-refractivity contribution in [2.24, 2.45) is 0 Å². The fraction of sp³-hybridized carbons (Fsp3) is 0.167. The number of ether oxygens (including phenoxy) is 1. The number of thiazole rings is 1. The average molecular weight is 404 g/mol. The van der Waals surface area contributed by atoms with Crippen LogP contribution in [-0.4, -0.2) is 27.6 Å². The van der Waals surface area contributed by atoms with E-state index in [0.29, 0.717) is 28.4 Å². The highest BCUT2D eigenvalue weighted by Gasteiger charge is 2.20. The maximum Gasteiger partial charge on any atom is 0.272 e. The van der Waals surface area contributed by atoms with Gasteiger partial charge in [-0.25, -0.2) is 4.98 Å². The minimum Gasteiger partial charge on any atom is -0.470 e. The van der Waals surface area contributed by atoms with Gasteiger partial charge in [0.15, 0.2) is 0 Å². The highest BCUT2D eigenvalue weighted by molar-refractivity contribution is 7.99. The van der Waals surface area contributed by atoms with Crippen molar-refractivity contribution >= 4 is 51.5 Å². The molecule has 0 saturated carbocycles. The van der Waals surface area contributed by atoms with Crippen molar-refractivity contribution in [1.29, 1.82) is 0 Å². The van der Waals surface area contributed by atoms with Crippen LogP contribution in [0.15, 0.2) is 36.0 Å². The number of hydrogen-bond acceptors (Lipinski definition) is 6. The van der Waals surface area contributed by atoms with Crippen LogP contribution in [0.25, 0.3) is 10.9 Å². The number of benzene rings is 1. The van der Waals surface area contributed by atoms with Gasteiger partial charge in [0.1, 0.15) is 10.8 Å². The quantitative estimate of drug-likeness (QED) is 0.502. The number of terminal acetylenes is 1. The molecule has 8 heteroatoms. The highest BCUT2D eigenvalue weighted by atomic mass is 35.5. The summed E-state index contributed by atoms with van der Waals surface area (Å²) >= 11 is 9.05. The molecule has 26 heavy (non-hydrogen) atoms. The summed E-state index contributed by atoms with van der Waals surface area (Å²) in [6.07, 6.45) is 10.5. The molecular formula is C18H14ClN3O2S2. The molecule has 3 aromatic rings. The van der Waals surface area contributed by atoms with Gasteiger partial charge in [0, 0.05) is 34.8 Å². The number of nitrogens with one attached hydrogen (secondary N) is 1. The number of carbonyl (C=O) groups excluding carboxylic acids is 1. The normalized spacial score (nSPS) is 11.7. The lowest BCUT2D eigenvalue weighted by Gasteiger charge is -2.17. The van der Waals surface area contributed by atoms with Crippen LogP contribution in [-0.2, 0) is 11.3 Å². The van der Waals surface area contributed by atoms with Crippen molar-refractivity contribution in [2.75, 3.05) is 6.26 Å². The van der Waals surface area contributed by atoms with Gasteiger partial charge in [0.05, 0.1) is 17.1 Å². The molecule has 0 aliphatic carbocycles. The topological polar surface area (TPSA) is 64.1 Å². The van der Waals surface area contributed by atoms with E-state index in [4.69, 9.17) is 22.8 Å². The molecule has 5 nitrogen and oxygen atoms in total. The number of fused-ring (bicyclic) bond motifs is 1. The second kappa shape index (κ2) is 8.41. The van der Waals surface area contributed by atoms with Gasteiger partial charge in [-0.1, -0.05) is 17.5 Å². The first-order chi connectivity index (χ1) is 12.6. The minimum atomic E-state index is -0.716. The molecule has 132 valence electrons. The summed E-state index contributed by atoms with van der Waals surface area (Å²) in [4.78, 5) is 20.8. The Morgan fingerprint density at radius 3 is 3.00 bits per heavy atom. The number of pyridine rings is 1. The maximum atomic E-state index is 12.4. The average Bonchev–Trinajstić information content (AvgIpc) is 3.17. The maximum absolute atomic E-state index is 12.4. The smallest absolute Gasteiger partial charge is 0.272 e. The zero-order valence-corrected chi connectivity index (χ0v) is 16.1. The third-order valence-corrected chi connectivity index (χ3v) is 5.25. The van der Waals surface area contributed by atoms with Crippen LogP contribution in [0.5, 0.6) is 5.75 Å². The van der Waals surface area contributed by atoms with Gasteiger partial charge in [-0.2, -0.15) is 0 Å². The Hall–Kier alpha value is -2.27. The molecular weight excluding hydrogens is 390 g/mol. The van der Waals surface area contributed by atoms with E-state index in [1.54, 1.807) is 36.8 Å². The second-order valence-corrected chi connectivity index (χ2v) is 7.46. The van der Waals surface area contributed by atoms with E-state index in [0.717, 1.165) is 10.4 Å². The zero-order valence-electron chi connectivity index (χ0n) is 13.7. The van der Waals surface area contributed by atoms with Crippen molar-refractivity contribution < 1.29 is 9.53 Å². The van der Waals surface area contributed by atoms with Crippen molar-refractivity contribution in [1.82, 2.24) is 15.3 Å². The Labute approximate surface area is 164 Å². The lowest BCUT2D eigenvalue weighted by atomic mass is 10.1. The summed E-state index contributed by atoms with van der Waals surface area (Å²) < 4.78 is 5.83. The summed E-state index contributed by atoms with van der Waals surface area (Å²) in [6, 6.07) is 5.22. The predicted molar refractivity (Wildman–Crippen MR) is 107 cm³/mol. The van der Waals surface area contributed by atoms with Gasteiger partial charge in [-0.05, 0) is 18.4 Å². The first-order valence-electron chi connectivity index (χ1n) is 7.52. The first kappa shape index (κ1) is 18.5. The Balaban J connectivity index is 1.76. The number of hydrogen-bond donors (Lipinski definition) is 1. The molecule has 0 saturated heterocycles. The Morgan fingerprint density at radius 2 is 2.31 bits per heavy atom. The first-order valence-corrected chi connectivity index (χ1v) is 10.1. The van der Waals surface area contributed by atoms with Crippen LogP contribution < -0.4 is 10.1 Å². The standard InChI is InChI=1S/C18H14ClN3O2S2/c1-3-11-6-12-7-13(8-14(19)16(12)21-9-11)24-18(25-2)17(23)22-10-15-20-4-5-26-15/h1,4-9,18H,10H2,2H3,(H,22,23). The fourth-order valence-electron chi connectivity index (χ4n) is 2.25. The number of rotatable bonds is 6. The van der Waals surface area contributed by atoms with Crippen LogP contribution in [0, 0.1) is 12.3 Å². The molecule has 1 atom stereocenters. The lowest BCUT2D eigenvalue weighted by molar-refractivity contribution is -0.124. The molecule has 0 aliphatic heterocycles. The van der Waals surface area contributed by atoms with E-state index in [1.807, 2.05) is 5.38 Å². The Kier molecular flexibility index (Phi) is 5.99. The van der Waals surface area contributed by atoms with Crippen LogP contribution in [0.3, 0.4) is 0 Å². The third kappa shape index (κ3) is 4.28. The van der Waals surface area contributed by atoms with Crippen LogP contribution in [0.4, 0.5) is 0 Å². The third-order valence-electron chi connectivity index (χ3n) is 3.45. The molecule has 0 aliphatic rings. The zero-order chi connectivity index (χ0) is 18.5. The molecule has 1 amide bonds. The van der Waals surface area contributed by atoms with Crippen LogP contribution in [0.2, 0.25) is 5.02 Å². The molecule has 0 spiro atoms. The van der Waals surface area contributed by atoms with E-state index in [2.05, 4.69) is 21.2 Å². The van der Waals surface area contributed by atoms with E-state index in [-0.39, 0.29) is 5.91 Å². The monoisotopic (exact) mass is 403 g/mol. The molecule has 2 aromatic heterocycles. The van der Waals surface area contributed by atoms with Crippen molar-refractivity contribution in [3.63, 3.8) is 0 Å². The van der Waals surface area contributed by atoms with Gasteiger partial charge in [0.2, 0.25) is 5.44 Å². The predicted octanol–water partition coefficient (Wildman–Crippen LogP) is 3.71. The molecule has 2 heterocycles. The SMILES string of the molecule is C#Cc1cnc2c(Cl)cc(OC(SC)C(=O)NCc3nccs3)cc2c1. The van der Waals surface area contributed by atoms with Crippen molar-refractivity contribution in [3.8, 4) is 18.1 Å². The molecule has 1 unspecified atom stereocenters. The summed E-state index contributed by atoms with van der Waals surface area (Å²) in [7, 11) is 0. The van der Waals surface area contributed by atoms with E-state index < -0.39 is 5.44 Å². The van der Waals surface area contributed by atoms with Crippen LogP contribution in [0.1, 0.15) is 10.6 Å². The number of thioether (sulfide) groups is 1. The minimum absolute atomic E-state index is 0.237. The molecule has 0 fully saturated rings. The van der Waals surface area contributed by atoms with E-state index in [1.165, 1.54) is 23.1 Å². The summed E-state index contributed by atoms with van der Waals surface area (Å²) in [6.45, 7) is 0.366. The van der Waals surface area contributed by atoms with Gasteiger partial charge < -0.3 is 10.1 Å². The second-order valence-electron chi connectivity index (χ2n) is 5.17. The number of amides is 1. The fourth-order valence-corrected chi connectivity index (χ4v) is 3.57. The van der Waals surface area contributed by atoms with Crippen molar-refractivity contribution in [3.05, 3.63) is 51.6 Å².